The van der Waals surface area contributed by atoms with E-state index in [1.54, 1.807) is 17.2 Å². The molecule has 2 aromatic rings. The van der Waals surface area contributed by atoms with Crippen molar-refractivity contribution in [1.29, 1.82) is 5.41 Å². The smallest absolute Gasteiger partial charge is 0.419 e. The van der Waals surface area contributed by atoms with Crippen LogP contribution in [-0.2, 0) is 22.3 Å². The number of aromatic nitrogens is 1. The fourth-order valence-electron chi connectivity index (χ4n) is 4.90. The number of primary amides is 1. The standard InChI is InChI=1S/C28H35F3N6O4/c1-27(2,3)41-26(39)36-10-6-17(7-11-36)9-13-40-21-5-4-18(14-20(21)28(29,30)31)24-19-8-12-37(16-22(33)38)25(19)35-23(15-32)34-24/h4-5,8,12,14-15,17,23,32,35H,6-7,9-11,13,16H2,1-3H3,(H2,33,38). The van der Waals surface area contributed by atoms with Crippen LogP contribution in [-0.4, -0.2) is 64.9 Å². The third-order valence-electron chi connectivity index (χ3n) is 6.86. The van der Waals surface area contributed by atoms with E-state index in [9.17, 15) is 22.8 Å². The van der Waals surface area contributed by atoms with Crippen LogP contribution in [0.1, 0.15) is 56.7 Å². The number of carbonyl (C=O) groups excluding carboxylic acids is 2. The fraction of sp³-hybridized carbons (Fsp3) is 0.500. The van der Waals surface area contributed by atoms with Gasteiger partial charge in [0, 0.05) is 36.6 Å². The molecule has 2 amide bonds. The van der Waals surface area contributed by atoms with Gasteiger partial charge in [-0.15, -0.1) is 0 Å². The normalized spacial score (nSPS) is 17.8. The Morgan fingerprint density at radius 1 is 1.20 bits per heavy atom. The molecule has 1 unspecified atom stereocenters. The zero-order valence-corrected chi connectivity index (χ0v) is 23.3. The zero-order chi connectivity index (χ0) is 29.9. The molecule has 1 saturated heterocycles. The number of piperidine rings is 1. The number of hydrogen-bond acceptors (Lipinski definition) is 7. The highest BCUT2D eigenvalue weighted by Gasteiger charge is 2.36. The van der Waals surface area contributed by atoms with Crippen molar-refractivity contribution >= 4 is 29.7 Å². The fourth-order valence-corrected chi connectivity index (χ4v) is 4.90. The van der Waals surface area contributed by atoms with E-state index in [1.165, 1.54) is 16.7 Å². The lowest BCUT2D eigenvalue weighted by Gasteiger charge is -2.33. The number of nitrogens with one attached hydrogen (secondary N) is 2. The van der Waals surface area contributed by atoms with Gasteiger partial charge in [-0.25, -0.2) is 4.79 Å². The van der Waals surface area contributed by atoms with Crippen LogP contribution >= 0.6 is 0 Å². The van der Waals surface area contributed by atoms with Crippen molar-refractivity contribution in [1.82, 2.24) is 9.47 Å². The molecule has 10 nitrogen and oxygen atoms in total. The zero-order valence-electron chi connectivity index (χ0n) is 23.3. The number of anilines is 1. The minimum Gasteiger partial charge on any atom is -0.493 e. The molecular formula is C28H35F3N6O4. The summed E-state index contributed by atoms with van der Waals surface area (Å²) in [6, 6.07) is 5.42. The van der Waals surface area contributed by atoms with E-state index in [-0.39, 0.29) is 42.2 Å². The van der Waals surface area contributed by atoms with Gasteiger partial charge in [-0.3, -0.25) is 9.79 Å². The molecule has 1 fully saturated rings. The molecule has 1 aromatic carbocycles. The molecule has 13 heteroatoms. The van der Waals surface area contributed by atoms with E-state index < -0.39 is 29.4 Å². The number of aliphatic imine (C=N–C) groups is 1. The van der Waals surface area contributed by atoms with Crippen molar-refractivity contribution in [3.05, 3.63) is 47.2 Å². The number of carbonyl (C=O) groups is 2. The molecule has 2 aliphatic heterocycles. The number of halogens is 3. The van der Waals surface area contributed by atoms with Crippen LogP contribution in [0.25, 0.3) is 0 Å². The van der Waals surface area contributed by atoms with Gasteiger partial charge in [-0.2, -0.15) is 13.2 Å². The lowest BCUT2D eigenvalue weighted by Crippen LogP contribution is -2.41. The number of benzene rings is 1. The van der Waals surface area contributed by atoms with Gasteiger partial charge in [0.2, 0.25) is 5.91 Å². The van der Waals surface area contributed by atoms with Gasteiger partial charge >= 0.3 is 12.3 Å². The second-order valence-electron chi connectivity index (χ2n) is 11.2. The predicted molar refractivity (Wildman–Crippen MR) is 148 cm³/mol. The molecule has 1 aromatic heterocycles. The summed E-state index contributed by atoms with van der Waals surface area (Å²) in [5, 5.41) is 10.6. The summed E-state index contributed by atoms with van der Waals surface area (Å²) in [6.45, 7) is 6.44. The monoisotopic (exact) mass is 576 g/mol. The average molecular weight is 577 g/mol. The molecule has 0 bridgehead atoms. The quantitative estimate of drug-likeness (QED) is 0.394. The molecule has 3 heterocycles. The Morgan fingerprint density at radius 2 is 1.90 bits per heavy atom. The molecule has 1 atom stereocenters. The van der Waals surface area contributed by atoms with Crippen LogP contribution in [0.3, 0.4) is 0 Å². The van der Waals surface area contributed by atoms with Crippen LogP contribution < -0.4 is 15.8 Å². The van der Waals surface area contributed by atoms with Crippen molar-refractivity contribution in [3.8, 4) is 5.75 Å². The Bertz CT molecular complexity index is 1320. The maximum atomic E-state index is 14.1. The number of nitrogens with two attached hydrogens (primary N) is 1. The lowest BCUT2D eigenvalue weighted by atomic mass is 9.94. The third kappa shape index (κ3) is 7.39. The highest BCUT2D eigenvalue weighted by atomic mass is 19.4. The number of rotatable bonds is 8. The Balaban J connectivity index is 1.45. The first-order valence-electron chi connectivity index (χ1n) is 13.4. The highest BCUT2D eigenvalue weighted by molar-refractivity contribution is 6.17. The van der Waals surface area contributed by atoms with Gasteiger partial charge in [0.1, 0.15) is 23.7 Å². The van der Waals surface area contributed by atoms with E-state index >= 15 is 0 Å². The number of hydrogen-bond donors (Lipinski definition) is 3. The number of alkyl halides is 3. The Labute approximate surface area is 236 Å². The van der Waals surface area contributed by atoms with Crippen molar-refractivity contribution in [3.63, 3.8) is 0 Å². The number of likely N-dealkylation sites (tertiary alicyclic amines) is 1. The van der Waals surface area contributed by atoms with Crippen molar-refractivity contribution in [2.45, 2.75) is 64.5 Å². The number of fused-ring (bicyclic) bond motifs is 1. The first kappa shape index (κ1) is 29.9. The van der Waals surface area contributed by atoms with Gasteiger partial charge in [0.05, 0.1) is 17.9 Å². The van der Waals surface area contributed by atoms with E-state index in [0.717, 1.165) is 12.3 Å². The van der Waals surface area contributed by atoms with E-state index in [1.807, 2.05) is 20.8 Å². The van der Waals surface area contributed by atoms with Gasteiger partial charge in [0.25, 0.3) is 0 Å². The molecule has 2 aliphatic rings. The van der Waals surface area contributed by atoms with Crippen LogP contribution in [0.15, 0.2) is 35.5 Å². The second-order valence-corrected chi connectivity index (χ2v) is 11.2. The first-order valence-corrected chi connectivity index (χ1v) is 13.4. The van der Waals surface area contributed by atoms with Crippen LogP contribution in [0.2, 0.25) is 0 Å². The average Bonchev–Trinajstić information content (AvgIpc) is 3.29. The van der Waals surface area contributed by atoms with Crippen molar-refractivity contribution in [2.75, 3.05) is 25.0 Å². The number of amides is 2. The molecule has 4 rings (SSSR count). The van der Waals surface area contributed by atoms with Crippen molar-refractivity contribution < 1.29 is 32.2 Å². The Morgan fingerprint density at radius 3 is 2.51 bits per heavy atom. The molecule has 4 N–H and O–H groups in total. The van der Waals surface area contributed by atoms with E-state index in [4.69, 9.17) is 20.6 Å². The summed E-state index contributed by atoms with van der Waals surface area (Å²) in [5.41, 5.74) is 4.76. The Hall–Kier alpha value is -4.03. The maximum absolute atomic E-state index is 14.1. The summed E-state index contributed by atoms with van der Waals surface area (Å²) in [6.07, 6.45) is -1.28. The number of ether oxygens (including phenoxy) is 2. The maximum Gasteiger partial charge on any atom is 0.419 e. The molecule has 41 heavy (non-hydrogen) atoms. The first-order chi connectivity index (χ1) is 19.2. The largest absolute Gasteiger partial charge is 0.493 e. The van der Waals surface area contributed by atoms with Gasteiger partial charge in [-0.1, -0.05) is 0 Å². The summed E-state index contributed by atoms with van der Waals surface area (Å²) >= 11 is 0. The molecule has 0 aliphatic carbocycles. The summed E-state index contributed by atoms with van der Waals surface area (Å²) in [7, 11) is 0. The van der Waals surface area contributed by atoms with E-state index in [2.05, 4.69) is 10.3 Å². The summed E-state index contributed by atoms with van der Waals surface area (Å²) in [5.74, 6) is -0.214. The highest BCUT2D eigenvalue weighted by Crippen LogP contribution is 2.38. The van der Waals surface area contributed by atoms with Crippen LogP contribution in [0.5, 0.6) is 5.75 Å². The van der Waals surface area contributed by atoms with Crippen molar-refractivity contribution in [2.24, 2.45) is 16.6 Å². The number of nitrogens with zero attached hydrogens (tertiary/aromatic N) is 3. The van der Waals surface area contributed by atoms with Crippen LogP contribution in [0.4, 0.5) is 23.8 Å². The van der Waals surface area contributed by atoms with Crippen LogP contribution in [0, 0.1) is 11.3 Å². The minimum atomic E-state index is -4.68. The topological polar surface area (TPSA) is 135 Å². The second kappa shape index (κ2) is 11.8. The predicted octanol–water partition coefficient (Wildman–Crippen LogP) is 4.65. The van der Waals surface area contributed by atoms with Gasteiger partial charge in [-0.05, 0) is 70.2 Å². The molecule has 0 spiro atoms. The van der Waals surface area contributed by atoms with E-state index in [0.29, 0.717) is 43.7 Å². The molecular weight excluding hydrogens is 541 g/mol. The van der Waals surface area contributed by atoms with Gasteiger partial charge in [0.15, 0.2) is 6.17 Å². The summed E-state index contributed by atoms with van der Waals surface area (Å²) < 4.78 is 55.0. The SMILES string of the molecule is CC(C)(C)OC(=O)N1CCC(CCOc2ccc(C3=NC(C=N)Nc4c3ccn4CC(N)=O)cc2C(F)(F)F)CC1. The lowest BCUT2D eigenvalue weighted by molar-refractivity contribution is -0.139. The molecule has 0 radical (unpaired) electrons. The van der Waals surface area contributed by atoms with Gasteiger partial charge < -0.3 is 35.4 Å². The minimum absolute atomic E-state index is 0.0976. The third-order valence-corrected chi connectivity index (χ3v) is 6.86. The summed E-state index contributed by atoms with van der Waals surface area (Å²) in [4.78, 5) is 29.8. The molecule has 222 valence electrons. The molecule has 0 saturated carbocycles. The Kier molecular flexibility index (Phi) is 8.64.